The lowest BCUT2D eigenvalue weighted by atomic mass is 10.1. The number of rotatable bonds is 6. The summed E-state index contributed by atoms with van der Waals surface area (Å²) in [6, 6.07) is 11.0. The van der Waals surface area contributed by atoms with Crippen molar-refractivity contribution in [1.29, 1.82) is 0 Å². The normalized spacial score (nSPS) is 12.1. The minimum Gasteiger partial charge on any atom is -0.508 e. The molecule has 4 nitrogen and oxygen atoms in total. The molecule has 0 saturated carbocycles. The first-order valence-corrected chi connectivity index (χ1v) is 6.61. The number of aromatic hydroxyl groups is 1. The van der Waals surface area contributed by atoms with Gasteiger partial charge in [-0.05, 0) is 24.3 Å². The molecule has 0 aliphatic heterocycles. The Morgan fingerprint density at radius 2 is 2.00 bits per heavy atom. The molecule has 0 aromatic heterocycles. The third-order valence-corrected chi connectivity index (χ3v) is 3.20. The first kappa shape index (κ1) is 15.3. The van der Waals surface area contributed by atoms with Crippen LogP contribution in [-0.2, 0) is 6.54 Å². The number of halogens is 1. The number of phenols is 1. The summed E-state index contributed by atoms with van der Waals surface area (Å²) in [6.07, 6.45) is -0.945. The van der Waals surface area contributed by atoms with Crippen LogP contribution >= 0.6 is 0 Å². The summed E-state index contributed by atoms with van der Waals surface area (Å²) in [5.41, 5.74) is 0.898. The first-order valence-electron chi connectivity index (χ1n) is 6.61. The molecule has 0 saturated heterocycles. The van der Waals surface area contributed by atoms with Gasteiger partial charge in [0.1, 0.15) is 17.3 Å². The average molecular weight is 291 g/mol. The highest BCUT2D eigenvalue weighted by Crippen LogP contribution is 2.23. The molecular formula is C16H18FNO3. The molecule has 5 heteroatoms. The van der Waals surface area contributed by atoms with Gasteiger partial charge in [-0.25, -0.2) is 4.39 Å². The highest BCUT2D eigenvalue weighted by Gasteiger charge is 2.12. The molecule has 1 unspecified atom stereocenters. The van der Waals surface area contributed by atoms with Crippen LogP contribution in [0.5, 0.6) is 11.5 Å². The van der Waals surface area contributed by atoms with E-state index in [1.165, 1.54) is 6.07 Å². The van der Waals surface area contributed by atoms with Gasteiger partial charge in [0.15, 0.2) is 0 Å². The predicted molar refractivity (Wildman–Crippen MR) is 77.7 cm³/mol. The Bertz CT molecular complexity index is 604. The molecule has 2 aromatic rings. The van der Waals surface area contributed by atoms with Gasteiger partial charge in [0, 0.05) is 24.2 Å². The van der Waals surface area contributed by atoms with E-state index in [1.54, 1.807) is 43.5 Å². The van der Waals surface area contributed by atoms with Gasteiger partial charge in [0.2, 0.25) is 0 Å². The number of aliphatic hydroxyl groups excluding tert-OH is 1. The molecule has 112 valence electrons. The van der Waals surface area contributed by atoms with Crippen LogP contribution in [0.4, 0.5) is 4.39 Å². The van der Waals surface area contributed by atoms with E-state index in [0.717, 1.165) is 0 Å². The van der Waals surface area contributed by atoms with Crippen molar-refractivity contribution < 1.29 is 19.3 Å². The molecule has 2 aromatic carbocycles. The molecule has 1 atom stereocenters. The average Bonchev–Trinajstić information content (AvgIpc) is 2.49. The number of nitrogens with one attached hydrogen (secondary N) is 1. The summed E-state index contributed by atoms with van der Waals surface area (Å²) in [6.45, 7) is 0.520. The van der Waals surface area contributed by atoms with E-state index >= 15 is 0 Å². The second-order valence-electron chi connectivity index (χ2n) is 4.66. The Morgan fingerprint density at radius 3 is 2.71 bits per heavy atom. The van der Waals surface area contributed by atoms with Crippen LogP contribution in [0, 0.1) is 5.82 Å². The lowest BCUT2D eigenvalue weighted by Crippen LogP contribution is -2.21. The second-order valence-corrected chi connectivity index (χ2v) is 4.66. The van der Waals surface area contributed by atoms with Crippen LogP contribution in [0.1, 0.15) is 17.2 Å². The van der Waals surface area contributed by atoms with Crippen LogP contribution in [0.15, 0.2) is 42.5 Å². The van der Waals surface area contributed by atoms with Gasteiger partial charge in [0.25, 0.3) is 0 Å². The van der Waals surface area contributed by atoms with Gasteiger partial charge in [-0.15, -0.1) is 0 Å². The highest BCUT2D eigenvalue weighted by molar-refractivity contribution is 5.39. The molecule has 0 aliphatic rings. The van der Waals surface area contributed by atoms with E-state index < -0.39 is 11.9 Å². The van der Waals surface area contributed by atoms with Crippen molar-refractivity contribution in [1.82, 2.24) is 5.32 Å². The molecule has 2 rings (SSSR count). The van der Waals surface area contributed by atoms with E-state index in [0.29, 0.717) is 17.9 Å². The van der Waals surface area contributed by atoms with Gasteiger partial charge in [-0.1, -0.05) is 18.2 Å². The van der Waals surface area contributed by atoms with E-state index in [9.17, 15) is 14.6 Å². The molecule has 21 heavy (non-hydrogen) atoms. The monoisotopic (exact) mass is 291 g/mol. The molecule has 0 heterocycles. The molecular weight excluding hydrogens is 273 g/mol. The Morgan fingerprint density at radius 1 is 1.24 bits per heavy atom. The maximum absolute atomic E-state index is 13.5. The zero-order valence-electron chi connectivity index (χ0n) is 11.7. The summed E-state index contributed by atoms with van der Waals surface area (Å²) in [7, 11) is 1.55. The number of benzene rings is 2. The SMILES string of the molecule is COc1ccc(O)c(CNCC(O)c2ccccc2F)c1. The topological polar surface area (TPSA) is 61.7 Å². The molecule has 0 amide bonds. The van der Waals surface area contributed by atoms with Crippen molar-refractivity contribution >= 4 is 0 Å². The number of ether oxygens (including phenoxy) is 1. The maximum Gasteiger partial charge on any atom is 0.129 e. The Balaban J connectivity index is 1.94. The van der Waals surface area contributed by atoms with Gasteiger partial charge >= 0.3 is 0 Å². The van der Waals surface area contributed by atoms with E-state index in [4.69, 9.17) is 4.74 Å². The maximum atomic E-state index is 13.5. The summed E-state index contributed by atoms with van der Waals surface area (Å²) >= 11 is 0. The third kappa shape index (κ3) is 3.93. The van der Waals surface area contributed by atoms with Crippen LogP contribution in [0.25, 0.3) is 0 Å². The zero-order chi connectivity index (χ0) is 15.2. The lowest BCUT2D eigenvalue weighted by molar-refractivity contribution is 0.169. The molecule has 0 fully saturated rings. The van der Waals surface area contributed by atoms with Crippen molar-refractivity contribution in [2.45, 2.75) is 12.6 Å². The molecule has 3 N–H and O–H groups in total. The van der Waals surface area contributed by atoms with Crippen LogP contribution in [0.2, 0.25) is 0 Å². The number of hydrogen-bond acceptors (Lipinski definition) is 4. The van der Waals surface area contributed by atoms with Gasteiger partial charge in [-0.3, -0.25) is 0 Å². The van der Waals surface area contributed by atoms with Crippen molar-refractivity contribution in [2.24, 2.45) is 0 Å². The number of phenolic OH excluding ortho intramolecular Hbond substituents is 1. The highest BCUT2D eigenvalue weighted by atomic mass is 19.1. The summed E-state index contributed by atoms with van der Waals surface area (Å²) in [5, 5.41) is 22.7. The zero-order valence-corrected chi connectivity index (χ0v) is 11.7. The fraction of sp³-hybridized carbons (Fsp3) is 0.250. The van der Waals surface area contributed by atoms with E-state index in [-0.39, 0.29) is 17.9 Å². The van der Waals surface area contributed by atoms with Gasteiger partial charge in [0.05, 0.1) is 13.2 Å². The number of methoxy groups -OCH3 is 1. The summed E-state index contributed by atoms with van der Waals surface area (Å²) in [5.74, 6) is 0.346. The molecule has 0 aliphatic carbocycles. The van der Waals surface area contributed by atoms with Crippen LogP contribution in [0.3, 0.4) is 0 Å². The lowest BCUT2D eigenvalue weighted by Gasteiger charge is -2.14. The summed E-state index contributed by atoms with van der Waals surface area (Å²) < 4.78 is 18.6. The standard InChI is InChI=1S/C16H18FNO3/c1-21-12-6-7-15(19)11(8-12)9-18-10-16(20)13-4-2-3-5-14(13)17/h2-8,16,18-20H,9-10H2,1H3. The Labute approximate surface area is 122 Å². The fourth-order valence-corrected chi connectivity index (χ4v) is 2.03. The van der Waals surface area contributed by atoms with Gasteiger partial charge in [-0.2, -0.15) is 0 Å². The smallest absolute Gasteiger partial charge is 0.129 e. The number of aliphatic hydroxyl groups is 1. The largest absolute Gasteiger partial charge is 0.508 e. The third-order valence-electron chi connectivity index (χ3n) is 3.20. The molecule has 0 radical (unpaired) electrons. The van der Waals surface area contributed by atoms with Gasteiger partial charge < -0.3 is 20.3 Å². The minimum absolute atomic E-state index is 0.142. The van der Waals surface area contributed by atoms with E-state index in [2.05, 4.69) is 5.32 Å². The van der Waals surface area contributed by atoms with Crippen molar-refractivity contribution in [2.75, 3.05) is 13.7 Å². The quantitative estimate of drug-likeness (QED) is 0.764. The minimum atomic E-state index is -0.945. The fourth-order valence-electron chi connectivity index (χ4n) is 2.03. The van der Waals surface area contributed by atoms with Crippen LogP contribution in [-0.4, -0.2) is 23.9 Å². The number of hydrogen-bond donors (Lipinski definition) is 3. The van der Waals surface area contributed by atoms with Crippen molar-refractivity contribution in [3.63, 3.8) is 0 Å². The second kappa shape index (κ2) is 7.06. The Kier molecular flexibility index (Phi) is 5.14. The van der Waals surface area contributed by atoms with Crippen molar-refractivity contribution in [3.05, 3.63) is 59.4 Å². The summed E-state index contributed by atoms with van der Waals surface area (Å²) in [4.78, 5) is 0. The van der Waals surface area contributed by atoms with Crippen LogP contribution < -0.4 is 10.1 Å². The van der Waals surface area contributed by atoms with Crippen molar-refractivity contribution in [3.8, 4) is 11.5 Å². The Hall–Kier alpha value is -2.11. The predicted octanol–water partition coefficient (Wildman–Crippen LogP) is 2.36. The van der Waals surface area contributed by atoms with E-state index in [1.807, 2.05) is 0 Å². The first-order chi connectivity index (χ1) is 10.1. The molecule has 0 spiro atoms. The molecule has 0 bridgehead atoms.